The minimum atomic E-state index is 0.460. The van der Waals surface area contributed by atoms with Crippen molar-refractivity contribution in [2.45, 2.75) is 25.4 Å². The molecule has 0 saturated carbocycles. The van der Waals surface area contributed by atoms with Crippen molar-refractivity contribution in [3.05, 3.63) is 68.7 Å². The van der Waals surface area contributed by atoms with Crippen LogP contribution in [0.5, 0.6) is 0 Å². The molecule has 0 aromatic heterocycles. The maximum absolute atomic E-state index is 6.01. The molecule has 3 rings (SSSR count). The third kappa shape index (κ3) is 3.02. The van der Waals surface area contributed by atoms with Crippen LogP contribution in [0.3, 0.4) is 0 Å². The van der Waals surface area contributed by atoms with Gasteiger partial charge in [0, 0.05) is 22.1 Å². The van der Waals surface area contributed by atoms with E-state index in [1.165, 1.54) is 27.6 Å². The van der Waals surface area contributed by atoms with Crippen LogP contribution in [0, 0.1) is 0 Å². The Morgan fingerprint density at radius 2 is 2.11 bits per heavy atom. The zero-order valence-electron chi connectivity index (χ0n) is 10.5. The highest BCUT2D eigenvalue weighted by Gasteiger charge is 2.21. The molecule has 1 unspecified atom stereocenters. The summed E-state index contributed by atoms with van der Waals surface area (Å²) in [4.78, 5) is 0. The van der Waals surface area contributed by atoms with Crippen molar-refractivity contribution in [2.75, 3.05) is 0 Å². The predicted octanol–water partition coefficient (Wildman–Crippen LogP) is 4.88. The molecule has 1 N–H and O–H groups in total. The van der Waals surface area contributed by atoms with Crippen molar-refractivity contribution in [1.29, 1.82) is 0 Å². The van der Waals surface area contributed by atoms with Gasteiger partial charge in [0.15, 0.2) is 0 Å². The van der Waals surface area contributed by atoms with Crippen molar-refractivity contribution in [3.63, 3.8) is 0 Å². The Labute approximate surface area is 127 Å². The Morgan fingerprint density at radius 1 is 1.21 bits per heavy atom. The average Bonchev–Trinajstić information content (AvgIpc) is 2.78. The van der Waals surface area contributed by atoms with Crippen LogP contribution in [0.15, 0.2) is 46.9 Å². The van der Waals surface area contributed by atoms with Crippen molar-refractivity contribution in [2.24, 2.45) is 0 Å². The molecule has 19 heavy (non-hydrogen) atoms. The van der Waals surface area contributed by atoms with Gasteiger partial charge in [-0.2, -0.15) is 0 Å². The summed E-state index contributed by atoms with van der Waals surface area (Å²) in [7, 11) is 0. The number of nitrogens with one attached hydrogen (secondary N) is 1. The topological polar surface area (TPSA) is 12.0 Å². The van der Waals surface area contributed by atoms with E-state index in [2.05, 4.69) is 45.5 Å². The monoisotopic (exact) mass is 335 g/mol. The van der Waals surface area contributed by atoms with E-state index in [0.717, 1.165) is 18.0 Å². The van der Waals surface area contributed by atoms with Crippen molar-refractivity contribution >= 4 is 27.5 Å². The molecule has 2 aromatic rings. The summed E-state index contributed by atoms with van der Waals surface area (Å²) in [5.74, 6) is 0. The molecule has 1 aliphatic carbocycles. The first-order valence-corrected chi connectivity index (χ1v) is 7.65. The minimum Gasteiger partial charge on any atom is -0.306 e. The molecule has 0 spiro atoms. The van der Waals surface area contributed by atoms with Gasteiger partial charge in [-0.05, 0) is 53.8 Å². The first-order valence-electron chi connectivity index (χ1n) is 6.48. The van der Waals surface area contributed by atoms with Gasteiger partial charge in [-0.3, -0.25) is 0 Å². The second-order valence-corrected chi connectivity index (χ2v) is 6.30. The lowest BCUT2D eigenvalue weighted by Gasteiger charge is -2.14. The molecule has 0 aliphatic heterocycles. The van der Waals surface area contributed by atoms with E-state index in [9.17, 15) is 0 Å². The molecule has 98 valence electrons. The van der Waals surface area contributed by atoms with Crippen LogP contribution in [0.25, 0.3) is 0 Å². The average molecular weight is 337 g/mol. The van der Waals surface area contributed by atoms with E-state index < -0.39 is 0 Å². The smallest absolute Gasteiger partial charge is 0.0409 e. The number of hydrogen-bond donors (Lipinski definition) is 1. The maximum Gasteiger partial charge on any atom is 0.0409 e. The van der Waals surface area contributed by atoms with Crippen LogP contribution in [0.4, 0.5) is 0 Å². The molecule has 0 fully saturated rings. The lowest BCUT2D eigenvalue weighted by atomic mass is 10.1. The fraction of sp³-hybridized carbons (Fsp3) is 0.250. The van der Waals surface area contributed by atoms with Crippen molar-refractivity contribution in [1.82, 2.24) is 5.32 Å². The molecular weight excluding hydrogens is 322 g/mol. The predicted molar refractivity (Wildman–Crippen MR) is 83.5 cm³/mol. The van der Waals surface area contributed by atoms with Crippen LogP contribution >= 0.6 is 27.5 Å². The largest absolute Gasteiger partial charge is 0.306 e. The first kappa shape index (κ1) is 13.2. The van der Waals surface area contributed by atoms with E-state index in [-0.39, 0.29) is 0 Å². The second kappa shape index (κ2) is 5.66. The summed E-state index contributed by atoms with van der Waals surface area (Å²) in [5, 5.41) is 4.43. The SMILES string of the molecule is Clc1cccc(CNC2CCc3cc(Br)ccc32)c1. The fourth-order valence-corrected chi connectivity index (χ4v) is 3.31. The molecule has 3 heteroatoms. The highest BCUT2D eigenvalue weighted by Crippen LogP contribution is 2.33. The Kier molecular flexibility index (Phi) is 3.92. The summed E-state index contributed by atoms with van der Waals surface area (Å²) in [6.45, 7) is 0.862. The number of aryl methyl sites for hydroxylation is 1. The third-order valence-electron chi connectivity index (χ3n) is 3.62. The minimum absolute atomic E-state index is 0.460. The van der Waals surface area contributed by atoms with Gasteiger partial charge in [0.05, 0.1) is 0 Å². The molecule has 1 nitrogen and oxygen atoms in total. The van der Waals surface area contributed by atoms with Gasteiger partial charge >= 0.3 is 0 Å². The lowest BCUT2D eigenvalue weighted by molar-refractivity contribution is 0.530. The zero-order valence-corrected chi connectivity index (χ0v) is 12.8. The molecule has 1 atom stereocenters. The molecule has 0 saturated heterocycles. The molecular formula is C16H15BrClN. The quantitative estimate of drug-likeness (QED) is 0.842. The second-order valence-electron chi connectivity index (χ2n) is 4.95. The molecule has 1 aliphatic rings. The van der Waals surface area contributed by atoms with E-state index in [1.807, 2.05) is 18.2 Å². The molecule has 0 bridgehead atoms. The highest BCUT2D eigenvalue weighted by molar-refractivity contribution is 9.10. The van der Waals surface area contributed by atoms with E-state index >= 15 is 0 Å². The summed E-state index contributed by atoms with van der Waals surface area (Å²) < 4.78 is 1.17. The summed E-state index contributed by atoms with van der Waals surface area (Å²) in [6.07, 6.45) is 2.33. The highest BCUT2D eigenvalue weighted by atomic mass is 79.9. The van der Waals surface area contributed by atoms with Gasteiger partial charge in [-0.25, -0.2) is 0 Å². The third-order valence-corrected chi connectivity index (χ3v) is 4.35. The van der Waals surface area contributed by atoms with Gasteiger partial charge in [0.25, 0.3) is 0 Å². The van der Waals surface area contributed by atoms with Gasteiger partial charge in [-0.1, -0.05) is 45.7 Å². The Bertz CT molecular complexity index is 597. The standard InChI is InChI=1S/C16H15BrClN/c17-13-5-6-15-12(9-13)4-7-16(15)19-10-11-2-1-3-14(18)8-11/h1-3,5-6,8-9,16,19H,4,7,10H2. The molecule has 2 aromatic carbocycles. The van der Waals surface area contributed by atoms with Gasteiger partial charge in [0.1, 0.15) is 0 Å². The Balaban J connectivity index is 1.70. The Hall–Kier alpha value is -0.830. The number of hydrogen-bond acceptors (Lipinski definition) is 1. The lowest BCUT2D eigenvalue weighted by Crippen LogP contribution is -2.18. The molecule has 0 amide bonds. The Morgan fingerprint density at radius 3 is 2.95 bits per heavy atom. The van der Waals surface area contributed by atoms with E-state index in [1.54, 1.807) is 0 Å². The van der Waals surface area contributed by atoms with Crippen molar-refractivity contribution in [3.8, 4) is 0 Å². The fourth-order valence-electron chi connectivity index (χ4n) is 2.69. The molecule has 0 radical (unpaired) electrons. The number of halogens is 2. The van der Waals surface area contributed by atoms with Crippen LogP contribution in [-0.4, -0.2) is 0 Å². The summed E-state index contributed by atoms with van der Waals surface area (Å²) >= 11 is 9.54. The number of benzene rings is 2. The first-order chi connectivity index (χ1) is 9.22. The van der Waals surface area contributed by atoms with Crippen LogP contribution in [-0.2, 0) is 13.0 Å². The van der Waals surface area contributed by atoms with Gasteiger partial charge in [-0.15, -0.1) is 0 Å². The number of rotatable bonds is 3. The van der Waals surface area contributed by atoms with Crippen molar-refractivity contribution < 1.29 is 0 Å². The summed E-state index contributed by atoms with van der Waals surface area (Å²) in [6, 6.07) is 15.1. The van der Waals surface area contributed by atoms with Gasteiger partial charge in [0.2, 0.25) is 0 Å². The maximum atomic E-state index is 6.01. The van der Waals surface area contributed by atoms with Gasteiger partial charge < -0.3 is 5.32 Å². The van der Waals surface area contributed by atoms with Crippen LogP contribution in [0.1, 0.15) is 29.2 Å². The van der Waals surface area contributed by atoms with Crippen LogP contribution < -0.4 is 5.32 Å². The van der Waals surface area contributed by atoms with Crippen LogP contribution in [0.2, 0.25) is 5.02 Å². The molecule has 0 heterocycles. The van der Waals surface area contributed by atoms with E-state index in [4.69, 9.17) is 11.6 Å². The normalized spacial score (nSPS) is 17.5. The number of fused-ring (bicyclic) bond motifs is 1. The zero-order chi connectivity index (χ0) is 13.2. The summed E-state index contributed by atoms with van der Waals surface area (Å²) in [5.41, 5.74) is 4.13. The van der Waals surface area contributed by atoms with E-state index in [0.29, 0.717) is 6.04 Å².